The molecule has 0 fully saturated rings. The maximum Gasteiger partial charge on any atom is 0.191 e. The van der Waals surface area contributed by atoms with Crippen molar-refractivity contribution in [2.75, 3.05) is 33.4 Å². The van der Waals surface area contributed by atoms with E-state index in [1.165, 1.54) is 0 Å². The molecule has 0 radical (unpaired) electrons. The Hall–Kier alpha value is -1.56. The molecule has 0 aromatic carbocycles. The van der Waals surface area contributed by atoms with Crippen LogP contribution >= 0.6 is 0 Å². The topological polar surface area (TPSA) is 63.5 Å². The van der Waals surface area contributed by atoms with Crippen LogP contribution in [-0.4, -0.2) is 48.9 Å². The molecule has 0 aliphatic heterocycles. The van der Waals surface area contributed by atoms with Crippen LogP contribution in [0, 0.1) is 0 Å². The number of aryl methyl sites for hydroxylation is 1. The Labute approximate surface area is 108 Å². The number of hydrogen-bond acceptors (Lipinski definition) is 3. The first-order valence-corrected chi connectivity index (χ1v) is 6.33. The molecule has 18 heavy (non-hydrogen) atoms. The molecule has 1 rings (SSSR count). The number of aromatic nitrogens is 2. The number of guanidine groups is 1. The van der Waals surface area contributed by atoms with Crippen LogP contribution in [0.3, 0.4) is 0 Å². The van der Waals surface area contributed by atoms with Gasteiger partial charge in [0.1, 0.15) is 0 Å². The van der Waals surface area contributed by atoms with Gasteiger partial charge in [-0.2, -0.15) is 0 Å². The van der Waals surface area contributed by atoms with Crippen LogP contribution in [-0.2, 0) is 11.3 Å². The average Bonchev–Trinajstić information content (AvgIpc) is 2.88. The monoisotopic (exact) mass is 253 g/mol. The molecule has 0 saturated heterocycles. The summed E-state index contributed by atoms with van der Waals surface area (Å²) >= 11 is 0. The van der Waals surface area contributed by atoms with Crippen LogP contribution in [0.15, 0.2) is 23.7 Å². The van der Waals surface area contributed by atoms with Crippen molar-refractivity contribution in [3.63, 3.8) is 0 Å². The summed E-state index contributed by atoms with van der Waals surface area (Å²) in [5, 5.41) is 6.41. The maximum atomic E-state index is 4.99. The lowest BCUT2D eigenvalue weighted by molar-refractivity contribution is 0.203. The smallest absolute Gasteiger partial charge is 0.191 e. The van der Waals surface area contributed by atoms with Crippen LogP contribution in [0.25, 0.3) is 0 Å². The highest BCUT2D eigenvalue weighted by molar-refractivity contribution is 5.79. The third-order valence-corrected chi connectivity index (χ3v) is 2.35. The minimum atomic E-state index is 0.680. The fourth-order valence-electron chi connectivity index (χ4n) is 1.48. The third kappa shape index (κ3) is 6.24. The third-order valence-electron chi connectivity index (χ3n) is 2.35. The number of imidazole rings is 1. The van der Waals surface area contributed by atoms with Crippen molar-refractivity contribution in [1.29, 1.82) is 0 Å². The molecule has 1 heterocycles. The first kappa shape index (κ1) is 14.5. The van der Waals surface area contributed by atoms with Gasteiger partial charge in [-0.25, -0.2) is 4.98 Å². The lowest BCUT2D eigenvalue weighted by atomic mass is 10.4. The standard InChI is InChI=1S/C12H23N5O/c1-3-14-12(16-7-10-18-2)15-5-4-8-17-9-6-13-11-17/h6,9,11H,3-5,7-8,10H2,1-2H3,(H2,14,15,16). The molecule has 0 aliphatic carbocycles. The summed E-state index contributed by atoms with van der Waals surface area (Å²) < 4.78 is 7.05. The van der Waals surface area contributed by atoms with Crippen LogP contribution < -0.4 is 10.6 Å². The van der Waals surface area contributed by atoms with E-state index < -0.39 is 0 Å². The fourth-order valence-corrected chi connectivity index (χ4v) is 1.48. The highest BCUT2D eigenvalue weighted by Crippen LogP contribution is 1.91. The Morgan fingerprint density at radius 3 is 3.00 bits per heavy atom. The second kappa shape index (κ2) is 9.47. The summed E-state index contributed by atoms with van der Waals surface area (Å²) in [6.07, 6.45) is 6.58. The molecule has 0 saturated carbocycles. The minimum absolute atomic E-state index is 0.680. The van der Waals surface area contributed by atoms with E-state index in [9.17, 15) is 0 Å². The van der Waals surface area contributed by atoms with E-state index in [1.54, 1.807) is 13.3 Å². The van der Waals surface area contributed by atoms with Crippen molar-refractivity contribution in [2.24, 2.45) is 4.99 Å². The summed E-state index contributed by atoms with van der Waals surface area (Å²) in [7, 11) is 1.69. The number of ether oxygens (including phenoxy) is 1. The second-order valence-electron chi connectivity index (χ2n) is 3.83. The van der Waals surface area contributed by atoms with E-state index in [1.807, 2.05) is 12.5 Å². The molecule has 1 aromatic rings. The van der Waals surface area contributed by atoms with Gasteiger partial charge in [-0.1, -0.05) is 0 Å². The van der Waals surface area contributed by atoms with Gasteiger partial charge in [0.25, 0.3) is 0 Å². The average molecular weight is 253 g/mol. The molecule has 0 bridgehead atoms. The zero-order valence-electron chi connectivity index (χ0n) is 11.2. The van der Waals surface area contributed by atoms with Crippen LogP contribution in [0.1, 0.15) is 13.3 Å². The van der Waals surface area contributed by atoms with Crippen LogP contribution in [0.5, 0.6) is 0 Å². The number of rotatable bonds is 8. The van der Waals surface area contributed by atoms with Gasteiger partial charge in [0, 0.05) is 45.7 Å². The zero-order chi connectivity index (χ0) is 13.1. The SMILES string of the molecule is CCNC(=NCCCn1ccnc1)NCCOC. The van der Waals surface area contributed by atoms with Crippen molar-refractivity contribution in [3.8, 4) is 0 Å². The van der Waals surface area contributed by atoms with Crippen molar-refractivity contribution in [3.05, 3.63) is 18.7 Å². The molecule has 0 spiro atoms. The first-order chi connectivity index (χ1) is 8.86. The van der Waals surface area contributed by atoms with Gasteiger partial charge in [-0.15, -0.1) is 0 Å². The first-order valence-electron chi connectivity index (χ1n) is 6.33. The Kier molecular flexibility index (Phi) is 7.63. The van der Waals surface area contributed by atoms with Gasteiger partial charge < -0.3 is 19.9 Å². The fraction of sp³-hybridized carbons (Fsp3) is 0.667. The van der Waals surface area contributed by atoms with Crippen LogP contribution in [0.2, 0.25) is 0 Å². The predicted molar refractivity (Wildman–Crippen MR) is 72.7 cm³/mol. The lowest BCUT2D eigenvalue weighted by Gasteiger charge is -2.10. The van der Waals surface area contributed by atoms with Crippen molar-refractivity contribution < 1.29 is 4.74 Å². The van der Waals surface area contributed by atoms with Crippen LogP contribution in [0.4, 0.5) is 0 Å². The number of aliphatic imine (C=N–C) groups is 1. The minimum Gasteiger partial charge on any atom is -0.383 e. The number of methoxy groups -OCH3 is 1. The number of nitrogens with one attached hydrogen (secondary N) is 2. The van der Waals surface area contributed by atoms with Crippen molar-refractivity contribution in [2.45, 2.75) is 19.9 Å². The van der Waals surface area contributed by atoms with E-state index in [2.05, 4.69) is 32.1 Å². The highest BCUT2D eigenvalue weighted by Gasteiger charge is 1.95. The van der Waals surface area contributed by atoms with E-state index in [0.29, 0.717) is 6.61 Å². The molecule has 6 nitrogen and oxygen atoms in total. The Morgan fingerprint density at radius 2 is 2.33 bits per heavy atom. The lowest BCUT2D eigenvalue weighted by Crippen LogP contribution is -2.39. The highest BCUT2D eigenvalue weighted by atomic mass is 16.5. The molecule has 0 unspecified atom stereocenters. The van der Waals surface area contributed by atoms with E-state index in [4.69, 9.17) is 4.74 Å². The van der Waals surface area contributed by atoms with Crippen molar-refractivity contribution in [1.82, 2.24) is 20.2 Å². The number of nitrogens with zero attached hydrogens (tertiary/aromatic N) is 3. The molecule has 102 valence electrons. The molecular formula is C12H23N5O. The Bertz CT molecular complexity index is 323. The van der Waals surface area contributed by atoms with Gasteiger partial charge in [-0.05, 0) is 13.3 Å². The van der Waals surface area contributed by atoms with Gasteiger partial charge in [-0.3, -0.25) is 4.99 Å². The summed E-state index contributed by atoms with van der Waals surface area (Å²) in [5.74, 6) is 0.847. The molecular weight excluding hydrogens is 230 g/mol. The molecule has 6 heteroatoms. The second-order valence-corrected chi connectivity index (χ2v) is 3.83. The van der Waals surface area contributed by atoms with E-state index in [0.717, 1.165) is 38.6 Å². The molecule has 0 aliphatic rings. The Balaban J connectivity index is 2.21. The molecule has 1 aromatic heterocycles. The van der Waals surface area contributed by atoms with Gasteiger partial charge in [0.15, 0.2) is 5.96 Å². The summed E-state index contributed by atoms with van der Waals surface area (Å²) in [4.78, 5) is 8.49. The van der Waals surface area contributed by atoms with Gasteiger partial charge in [0.05, 0.1) is 12.9 Å². The normalized spacial score (nSPS) is 11.6. The van der Waals surface area contributed by atoms with E-state index in [-0.39, 0.29) is 0 Å². The number of hydrogen-bond donors (Lipinski definition) is 2. The van der Waals surface area contributed by atoms with E-state index >= 15 is 0 Å². The largest absolute Gasteiger partial charge is 0.383 e. The van der Waals surface area contributed by atoms with Gasteiger partial charge >= 0.3 is 0 Å². The molecule has 0 amide bonds. The summed E-state index contributed by atoms with van der Waals surface area (Å²) in [6, 6.07) is 0. The predicted octanol–water partition coefficient (Wildman–Crippen LogP) is 0.475. The Morgan fingerprint density at radius 1 is 1.44 bits per heavy atom. The zero-order valence-corrected chi connectivity index (χ0v) is 11.2. The van der Waals surface area contributed by atoms with Crippen molar-refractivity contribution >= 4 is 5.96 Å². The quantitative estimate of drug-likeness (QED) is 0.402. The molecule has 0 atom stereocenters. The van der Waals surface area contributed by atoms with Gasteiger partial charge in [0.2, 0.25) is 0 Å². The maximum absolute atomic E-state index is 4.99. The molecule has 2 N–H and O–H groups in total. The summed E-state index contributed by atoms with van der Waals surface area (Å²) in [6.45, 7) is 6.10. The summed E-state index contributed by atoms with van der Waals surface area (Å²) in [5.41, 5.74) is 0.